The molecule has 5 nitrogen and oxygen atoms in total. The van der Waals surface area contributed by atoms with Gasteiger partial charge in [-0.2, -0.15) is 0 Å². The highest BCUT2D eigenvalue weighted by molar-refractivity contribution is 5.64. The van der Waals surface area contributed by atoms with Crippen molar-refractivity contribution in [2.75, 3.05) is 38.1 Å². The Labute approximate surface area is 107 Å². The van der Waals surface area contributed by atoms with Gasteiger partial charge in [0, 0.05) is 38.4 Å². The van der Waals surface area contributed by atoms with Crippen LogP contribution in [-0.4, -0.2) is 49.3 Å². The highest BCUT2D eigenvalue weighted by atomic mass is 16.4. The van der Waals surface area contributed by atoms with Crippen LogP contribution < -0.4 is 10.2 Å². The van der Waals surface area contributed by atoms with Gasteiger partial charge in [-0.3, -0.25) is 0 Å². The molecule has 1 fully saturated rings. The summed E-state index contributed by atoms with van der Waals surface area (Å²) in [5, 5.41) is 10.9. The molecule has 0 aromatic heterocycles. The smallest absolute Gasteiger partial charge is 0.404 e. The van der Waals surface area contributed by atoms with Crippen LogP contribution in [0.15, 0.2) is 24.3 Å². The molecular weight excluding hydrogens is 230 g/mol. The molecule has 5 heteroatoms. The summed E-state index contributed by atoms with van der Waals surface area (Å²) in [6, 6.07) is 8.07. The molecule has 1 amide bonds. The number of nitrogens with one attached hydrogen (secondary N) is 1. The second-order valence-electron chi connectivity index (χ2n) is 4.62. The minimum atomic E-state index is -0.988. The lowest BCUT2D eigenvalue weighted by Gasteiger charge is -2.34. The predicted molar refractivity (Wildman–Crippen MR) is 71.0 cm³/mol. The second kappa shape index (κ2) is 5.73. The van der Waals surface area contributed by atoms with E-state index in [4.69, 9.17) is 5.11 Å². The molecule has 0 spiro atoms. The van der Waals surface area contributed by atoms with Gasteiger partial charge in [0.05, 0.1) is 0 Å². The van der Waals surface area contributed by atoms with E-state index in [2.05, 4.69) is 34.3 Å². The van der Waals surface area contributed by atoms with Crippen molar-refractivity contribution >= 4 is 11.8 Å². The first-order valence-corrected chi connectivity index (χ1v) is 6.14. The molecule has 0 radical (unpaired) electrons. The monoisotopic (exact) mass is 249 g/mol. The molecule has 1 aliphatic rings. The standard InChI is InChI=1S/C13H19N3O2/c1-15-6-8-16(9-7-15)12-4-2-11(3-5-12)10-14-13(17)18/h2-5,14H,6-10H2,1H3,(H,17,18). The first-order chi connectivity index (χ1) is 8.65. The lowest BCUT2D eigenvalue weighted by Crippen LogP contribution is -2.44. The molecule has 18 heavy (non-hydrogen) atoms. The number of carbonyl (C=O) groups is 1. The van der Waals surface area contributed by atoms with Gasteiger partial charge in [0.1, 0.15) is 0 Å². The van der Waals surface area contributed by atoms with Crippen molar-refractivity contribution < 1.29 is 9.90 Å². The maximum Gasteiger partial charge on any atom is 0.404 e. The third-order valence-corrected chi connectivity index (χ3v) is 3.25. The third kappa shape index (κ3) is 3.37. The van der Waals surface area contributed by atoms with Gasteiger partial charge in [0.2, 0.25) is 0 Å². The van der Waals surface area contributed by atoms with E-state index in [-0.39, 0.29) is 0 Å². The van der Waals surface area contributed by atoms with Crippen LogP contribution in [-0.2, 0) is 6.54 Å². The summed E-state index contributed by atoms with van der Waals surface area (Å²) in [7, 11) is 2.14. The van der Waals surface area contributed by atoms with Crippen LogP contribution in [0.2, 0.25) is 0 Å². The largest absolute Gasteiger partial charge is 0.465 e. The lowest BCUT2D eigenvalue weighted by atomic mass is 10.2. The van der Waals surface area contributed by atoms with Crippen molar-refractivity contribution in [3.05, 3.63) is 29.8 Å². The van der Waals surface area contributed by atoms with Crippen molar-refractivity contribution in [3.63, 3.8) is 0 Å². The van der Waals surface area contributed by atoms with E-state index in [0.717, 1.165) is 31.7 Å². The zero-order chi connectivity index (χ0) is 13.0. The Morgan fingerprint density at radius 2 is 1.83 bits per heavy atom. The summed E-state index contributed by atoms with van der Waals surface area (Å²) in [4.78, 5) is 15.1. The zero-order valence-electron chi connectivity index (χ0n) is 10.6. The number of anilines is 1. The van der Waals surface area contributed by atoms with Crippen LogP contribution in [0.5, 0.6) is 0 Å². The Morgan fingerprint density at radius 3 is 2.39 bits per heavy atom. The van der Waals surface area contributed by atoms with Crippen molar-refractivity contribution in [1.29, 1.82) is 0 Å². The molecule has 0 saturated carbocycles. The van der Waals surface area contributed by atoms with Crippen LogP contribution in [0.1, 0.15) is 5.56 Å². The Bertz CT molecular complexity index is 397. The van der Waals surface area contributed by atoms with Crippen LogP contribution in [0.4, 0.5) is 10.5 Å². The fourth-order valence-corrected chi connectivity index (χ4v) is 2.07. The molecule has 0 atom stereocenters. The maximum absolute atomic E-state index is 10.4. The number of benzene rings is 1. The molecule has 1 saturated heterocycles. The molecule has 98 valence electrons. The Kier molecular flexibility index (Phi) is 4.04. The van der Waals surface area contributed by atoms with E-state index in [1.54, 1.807) is 0 Å². The average Bonchev–Trinajstić information content (AvgIpc) is 2.38. The lowest BCUT2D eigenvalue weighted by molar-refractivity contribution is 0.194. The molecule has 1 aromatic carbocycles. The van der Waals surface area contributed by atoms with E-state index in [1.165, 1.54) is 5.69 Å². The van der Waals surface area contributed by atoms with Crippen LogP contribution in [0, 0.1) is 0 Å². The maximum atomic E-state index is 10.4. The van der Waals surface area contributed by atoms with E-state index < -0.39 is 6.09 Å². The summed E-state index contributed by atoms with van der Waals surface area (Å²) < 4.78 is 0. The number of carboxylic acid groups (broad SMARTS) is 1. The minimum Gasteiger partial charge on any atom is -0.465 e. The third-order valence-electron chi connectivity index (χ3n) is 3.25. The molecule has 0 bridgehead atoms. The van der Waals surface area contributed by atoms with Gasteiger partial charge in [-0.25, -0.2) is 4.79 Å². The van der Waals surface area contributed by atoms with Crippen molar-refractivity contribution in [1.82, 2.24) is 10.2 Å². The minimum absolute atomic E-state index is 0.359. The van der Waals surface area contributed by atoms with Gasteiger partial charge < -0.3 is 20.2 Å². The zero-order valence-corrected chi connectivity index (χ0v) is 10.6. The molecule has 2 N–H and O–H groups in total. The Hall–Kier alpha value is -1.75. The molecule has 1 aliphatic heterocycles. The van der Waals surface area contributed by atoms with Gasteiger partial charge in [-0.15, -0.1) is 0 Å². The van der Waals surface area contributed by atoms with E-state index >= 15 is 0 Å². The first kappa shape index (κ1) is 12.7. The SMILES string of the molecule is CN1CCN(c2ccc(CNC(=O)O)cc2)CC1. The Morgan fingerprint density at radius 1 is 1.22 bits per heavy atom. The molecule has 2 rings (SSSR count). The predicted octanol–water partition coefficient (Wildman–Crippen LogP) is 1.21. The average molecular weight is 249 g/mol. The number of piperazine rings is 1. The number of amides is 1. The topological polar surface area (TPSA) is 55.8 Å². The van der Waals surface area contributed by atoms with Crippen molar-refractivity contribution in [2.45, 2.75) is 6.54 Å². The number of hydrogen-bond acceptors (Lipinski definition) is 3. The van der Waals surface area contributed by atoms with Crippen LogP contribution >= 0.6 is 0 Å². The molecule has 1 aromatic rings. The van der Waals surface area contributed by atoms with Gasteiger partial charge in [-0.05, 0) is 24.7 Å². The van der Waals surface area contributed by atoms with Gasteiger partial charge in [0.15, 0.2) is 0 Å². The number of hydrogen-bond donors (Lipinski definition) is 2. The molecular formula is C13H19N3O2. The first-order valence-electron chi connectivity index (χ1n) is 6.14. The van der Waals surface area contributed by atoms with Gasteiger partial charge in [-0.1, -0.05) is 12.1 Å². The van der Waals surface area contributed by atoms with E-state index in [1.807, 2.05) is 12.1 Å². The summed E-state index contributed by atoms with van der Waals surface area (Å²) in [5.74, 6) is 0. The molecule has 1 heterocycles. The van der Waals surface area contributed by atoms with Gasteiger partial charge >= 0.3 is 6.09 Å². The molecule has 0 aliphatic carbocycles. The fraction of sp³-hybridized carbons (Fsp3) is 0.462. The highest BCUT2D eigenvalue weighted by Crippen LogP contribution is 2.16. The van der Waals surface area contributed by atoms with E-state index in [0.29, 0.717) is 6.54 Å². The summed E-state index contributed by atoms with van der Waals surface area (Å²) in [5.41, 5.74) is 2.19. The van der Waals surface area contributed by atoms with Crippen LogP contribution in [0.3, 0.4) is 0 Å². The normalized spacial score (nSPS) is 16.6. The number of rotatable bonds is 3. The fourth-order valence-electron chi connectivity index (χ4n) is 2.07. The summed E-state index contributed by atoms with van der Waals surface area (Å²) in [6.45, 7) is 4.62. The quantitative estimate of drug-likeness (QED) is 0.845. The van der Waals surface area contributed by atoms with Gasteiger partial charge in [0.25, 0.3) is 0 Å². The Balaban J connectivity index is 1.93. The molecule has 0 unspecified atom stereocenters. The summed E-state index contributed by atoms with van der Waals surface area (Å²) in [6.07, 6.45) is -0.988. The highest BCUT2D eigenvalue weighted by Gasteiger charge is 2.13. The van der Waals surface area contributed by atoms with Crippen molar-refractivity contribution in [3.8, 4) is 0 Å². The number of nitrogens with zero attached hydrogens (tertiary/aromatic N) is 2. The van der Waals surface area contributed by atoms with Crippen LogP contribution in [0.25, 0.3) is 0 Å². The van der Waals surface area contributed by atoms with E-state index in [9.17, 15) is 4.79 Å². The van der Waals surface area contributed by atoms with Crippen molar-refractivity contribution in [2.24, 2.45) is 0 Å². The second-order valence-corrected chi connectivity index (χ2v) is 4.62. The number of likely N-dealkylation sites (N-methyl/N-ethyl adjacent to an activating group) is 1. The summed E-state index contributed by atoms with van der Waals surface area (Å²) >= 11 is 0.